The fourth-order valence-corrected chi connectivity index (χ4v) is 8.92. The SMILES string of the molecule is CC[C@]1(O)C[C@H](OC2CC(OCc3ccc(OC)cc3)C(N=[N+]=[N-])C(C)O2)C2=C(Cc3c2c(OC)c2c(OCc4ccccc4)ccc(OCc4ccccc4)c2c3OC)C1=O. The molecule has 0 spiro atoms. The highest BCUT2D eigenvalue weighted by atomic mass is 16.7. The van der Waals surface area contributed by atoms with Crippen LogP contribution in [0.25, 0.3) is 26.8 Å². The van der Waals surface area contributed by atoms with Gasteiger partial charge in [-0.3, -0.25) is 4.79 Å². The second-order valence-electron chi connectivity index (χ2n) is 15.8. The van der Waals surface area contributed by atoms with Crippen molar-refractivity contribution in [1.29, 1.82) is 0 Å². The molecule has 8 rings (SSSR count). The number of rotatable bonds is 16. The molecule has 0 amide bonds. The number of hydrogen-bond donors (Lipinski definition) is 1. The van der Waals surface area contributed by atoms with Gasteiger partial charge >= 0.3 is 0 Å². The van der Waals surface area contributed by atoms with Crippen LogP contribution in [0.3, 0.4) is 0 Å². The zero-order valence-corrected chi connectivity index (χ0v) is 35.5. The molecule has 62 heavy (non-hydrogen) atoms. The second kappa shape index (κ2) is 18.5. The maximum atomic E-state index is 14.5. The molecule has 5 aromatic carbocycles. The van der Waals surface area contributed by atoms with E-state index >= 15 is 0 Å². The molecule has 1 heterocycles. The lowest BCUT2D eigenvalue weighted by Crippen LogP contribution is -2.51. The number of nitrogens with zero attached hydrogens (tertiary/aromatic N) is 3. The Hall–Kier alpha value is -6.08. The Kier molecular flexibility index (Phi) is 12.7. The van der Waals surface area contributed by atoms with E-state index in [1.165, 1.54) is 0 Å². The van der Waals surface area contributed by atoms with E-state index in [2.05, 4.69) is 10.0 Å². The van der Waals surface area contributed by atoms with Crippen LogP contribution in [0.4, 0.5) is 0 Å². The van der Waals surface area contributed by atoms with Gasteiger partial charge in [0.1, 0.15) is 47.6 Å². The second-order valence-corrected chi connectivity index (χ2v) is 15.8. The smallest absolute Gasteiger partial charge is 0.191 e. The first-order chi connectivity index (χ1) is 30.2. The summed E-state index contributed by atoms with van der Waals surface area (Å²) in [6, 6.07) is 30.4. The van der Waals surface area contributed by atoms with Gasteiger partial charge in [0.2, 0.25) is 0 Å². The van der Waals surface area contributed by atoms with E-state index in [0.29, 0.717) is 62.7 Å². The van der Waals surface area contributed by atoms with Crippen molar-refractivity contribution in [3.05, 3.63) is 141 Å². The number of ketones is 1. The average molecular weight is 842 g/mol. The summed E-state index contributed by atoms with van der Waals surface area (Å²) in [7, 11) is 4.80. The van der Waals surface area contributed by atoms with Crippen LogP contribution >= 0.6 is 0 Å². The molecule has 0 radical (unpaired) electrons. The van der Waals surface area contributed by atoms with E-state index in [0.717, 1.165) is 22.4 Å². The third-order valence-electron chi connectivity index (χ3n) is 12.1. The molecule has 4 unspecified atom stereocenters. The van der Waals surface area contributed by atoms with Crippen molar-refractivity contribution in [3.63, 3.8) is 0 Å². The van der Waals surface area contributed by atoms with Crippen molar-refractivity contribution in [2.75, 3.05) is 21.3 Å². The van der Waals surface area contributed by atoms with Crippen molar-refractivity contribution in [2.24, 2.45) is 5.11 Å². The molecule has 3 aliphatic rings. The van der Waals surface area contributed by atoms with Gasteiger partial charge in [0, 0.05) is 40.9 Å². The monoisotopic (exact) mass is 841 g/mol. The minimum atomic E-state index is -1.71. The predicted molar refractivity (Wildman–Crippen MR) is 232 cm³/mol. The molecule has 13 heteroatoms. The number of azide groups is 1. The van der Waals surface area contributed by atoms with Crippen LogP contribution in [0.1, 0.15) is 60.9 Å². The van der Waals surface area contributed by atoms with Crippen molar-refractivity contribution in [2.45, 2.75) is 95.6 Å². The van der Waals surface area contributed by atoms with Crippen molar-refractivity contribution < 1.29 is 47.8 Å². The predicted octanol–water partition coefficient (Wildman–Crippen LogP) is 9.23. The molecule has 0 aromatic heterocycles. The molecule has 1 saturated heterocycles. The van der Waals surface area contributed by atoms with E-state index < -0.39 is 36.2 Å². The molecular weight excluding hydrogens is 791 g/mol. The van der Waals surface area contributed by atoms with Crippen LogP contribution in [0, 0.1) is 0 Å². The van der Waals surface area contributed by atoms with Gasteiger partial charge in [-0.25, -0.2) is 0 Å². The van der Waals surface area contributed by atoms with Gasteiger partial charge in [-0.1, -0.05) is 84.8 Å². The summed E-state index contributed by atoms with van der Waals surface area (Å²) in [6.07, 6.45) is -2.34. The number of aliphatic hydroxyl groups is 1. The lowest BCUT2D eigenvalue weighted by molar-refractivity contribution is -0.239. The molecular formula is C49H51N3O10. The highest BCUT2D eigenvalue weighted by molar-refractivity contribution is 6.16. The van der Waals surface area contributed by atoms with Crippen LogP contribution in [0.5, 0.6) is 28.7 Å². The average Bonchev–Trinajstić information content (AvgIpc) is 3.70. The number of fused-ring (bicyclic) bond motifs is 3. The number of Topliss-reactive ketones (excluding diaryl/α,β-unsaturated/α-hetero) is 1. The summed E-state index contributed by atoms with van der Waals surface area (Å²) in [5, 5.41) is 17.3. The van der Waals surface area contributed by atoms with Crippen LogP contribution < -0.4 is 23.7 Å². The Balaban J connectivity index is 1.21. The van der Waals surface area contributed by atoms with Crippen molar-refractivity contribution >= 4 is 22.1 Å². The Morgan fingerprint density at radius 1 is 0.806 bits per heavy atom. The first kappa shape index (κ1) is 42.6. The zero-order chi connectivity index (χ0) is 43.4. The zero-order valence-electron chi connectivity index (χ0n) is 35.5. The minimum absolute atomic E-state index is 0.0346. The van der Waals surface area contributed by atoms with Crippen LogP contribution in [-0.4, -0.2) is 68.5 Å². The Labute approximate surface area is 360 Å². The van der Waals surface area contributed by atoms with Gasteiger partial charge in [-0.15, -0.1) is 0 Å². The van der Waals surface area contributed by atoms with Gasteiger partial charge in [-0.2, -0.15) is 0 Å². The standard InChI is InChI=1S/C49H51N3O10/c1-6-49(54)25-39(62-40-24-38(45(51-52-50)29(2)61-40)60-28-32-17-19-33(55-3)20-18-32)41-35(48(49)53)23-34-42(41)47(57-5)44-37(59-27-31-15-11-8-12-16-31)22-21-36(43(44)46(34)56-4)58-26-30-13-9-7-10-14-30/h7-22,29,38-40,45,54H,6,23-28H2,1-5H3/t29?,38?,39-,40?,45?,49-/m0/s1. The molecule has 13 nitrogen and oxygen atoms in total. The highest BCUT2D eigenvalue weighted by Crippen LogP contribution is 2.57. The van der Waals surface area contributed by atoms with Gasteiger partial charge in [0.15, 0.2) is 12.1 Å². The number of carbonyl (C=O) groups is 1. The maximum absolute atomic E-state index is 14.5. The first-order valence-corrected chi connectivity index (χ1v) is 20.9. The maximum Gasteiger partial charge on any atom is 0.191 e. The molecule has 1 fully saturated rings. The molecule has 0 saturated carbocycles. The quantitative estimate of drug-likeness (QED) is 0.0576. The summed E-state index contributed by atoms with van der Waals surface area (Å²) < 4.78 is 50.9. The van der Waals surface area contributed by atoms with Crippen molar-refractivity contribution in [1.82, 2.24) is 0 Å². The third-order valence-corrected chi connectivity index (χ3v) is 12.1. The topological polar surface area (TPSA) is 160 Å². The Morgan fingerprint density at radius 2 is 1.40 bits per heavy atom. The van der Waals surface area contributed by atoms with Gasteiger partial charge in [0.05, 0.1) is 63.1 Å². The van der Waals surface area contributed by atoms with E-state index in [-0.39, 0.29) is 44.7 Å². The lowest BCUT2D eigenvalue weighted by Gasteiger charge is -2.42. The van der Waals surface area contributed by atoms with Crippen LogP contribution in [0.15, 0.2) is 108 Å². The number of ether oxygens (including phenoxy) is 8. The molecule has 6 atom stereocenters. The molecule has 5 aromatic rings. The molecule has 322 valence electrons. The summed E-state index contributed by atoms with van der Waals surface area (Å²) in [5.41, 5.74) is 13.0. The van der Waals surface area contributed by atoms with Gasteiger partial charge in [-0.05, 0) is 65.4 Å². The van der Waals surface area contributed by atoms with E-state index in [1.807, 2.05) is 104 Å². The number of carbonyl (C=O) groups excluding carboxylic acids is 1. The molecule has 1 N–H and O–H groups in total. The normalized spacial score (nSPS) is 23.0. The number of benzene rings is 5. The first-order valence-electron chi connectivity index (χ1n) is 20.9. The molecule has 1 aliphatic heterocycles. The van der Waals surface area contributed by atoms with Crippen LogP contribution in [0.2, 0.25) is 0 Å². The number of methoxy groups -OCH3 is 3. The van der Waals surface area contributed by atoms with E-state index in [9.17, 15) is 15.4 Å². The Morgan fingerprint density at radius 3 is 1.97 bits per heavy atom. The van der Waals surface area contributed by atoms with Gasteiger partial charge in [0.25, 0.3) is 0 Å². The summed E-state index contributed by atoms with van der Waals surface area (Å²) in [4.78, 5) is 17.6. The number of hydrogen-bond acceptors (Lipinski definition) is 11. The summed E-state index contributed by atoms with van der Waals surface area (Å²) >= 11 is 0. The van der Waals surface area contributed by atoms with Crippen molar-refractivity contribution in [3.8, 4) is 28.7 Å². The summed E-state index contributed by atoms with van der Waals surface area (Å²) in [6.45, 7) is 4.42. The van der Waals surface area contributed by atoms with Crippen LogP contribution in [-0.2, 0) is 45.2 Å². The minimum Gasteiger partial charge on any atom is -0.497 e. The fourth-order valence-electron chi connectivity index (χ4n) is 8.92. The Bertz CT molecular complexity index is 2490. The molecule has 2 aliphatic carbocycles. The largest absolute Gasteiger partial charge is 0.497 e. The fraction of sp³-hybridized carbons (Fsp3) is 0.367. The van der Waals surface area contributed by atoms with E-state index in [1.54, 1.807) is 28.3 Å². The van der Waals surface area contributed by atoms with E-state index in [4.69, 9.17) is 37.9 Å². The summed E-state index contributed by atoms with van der Waals surface area (Å²) in [5.74, 6) is 2.38. The third kappa shape index (κ3) is 8.30. The lowest BCUT2D eigenvalue weighted by atomic mass is 9.76. The van der Waals surface area contributed by atoms with Gasteiger partial charge < -0.3 is 43.0 Å². The highest BCUT2D eigenvalue weighted by Gasteiger charge is 2.51. The molecule has 0 bridgehead atoms.